The molecule has 2 aromatic carbocycles. The predicted molar refractivity (Wildman–Crippen MR) is 78.7 cm³/mol. The zero-order valence-corrected chi connectivity index (χ0v) is 12.3. The van der Waals surface area contributed by atoms with Gasteiger partial charge >= 0.3 is 0 Å². The average molecular weight is 288 g/mol. The van der Waals surface area contributed by atoms with Crippen molar-refractivity contribution in [1.82, 2.24) is 0 Å². The van der Waals surface area contributed by atoms with Gasteiger partial charge in [-0.05, 0) is 44.2 Å². The summed E-state index contributed by atoms with van der Waals surface area (Å²) in [5.74, 6) is -0.220. The first-order chi connectivity index (χ1) is 10.1. The fraction of sp³-hybridized carbons (Fsp3) is 0.235. The Bertz CT molecular complexity index is 665. The Morgan fingerprint density at radius 1 is 1.14 bits per heavy atom. The van der Waals surface area contributed by atoms with Crippen LogP contribution in [0.15, 0.2) is 36.4 Å². The van der Waals surface area contributed by atoms with Crippen molar-refractivity contribution in [3.63, 3.8) is 0 Å². The minimum atomic E-state index is -0.561. The van der Waals surface area contributed by atoms with Gasteiger partial charge in [0.1, 0.15) is 5.75 Å². The van der Waals surface area contributed by atoms with Crippen molar-refractivity contribution in [2.45, 2.75) is 13.8 Å². The fourth-order valence-electron chi connectivity index (χ4n) is 2.07. The number of carbonyl (C=O) groups is 1. The van der Waals surface area contributed by atoms with Gasteiger partial charge in [-0.3, -0.25) is 4.79 Å². The topological polar surface area (TPSA) is 35.5 Å². The van der Waals surface area contributed by atoms with Crippen molar-refractivity contribution >= 4 is 5.78 Å². The number of carbonyl (C=O) groups excluding carboxylic acids is 1. The molecule has 2 rings (SSSR count). The zero-order valence-electron chi connectivity index (χ0n) is 12.3. The molecule has 0 saturated carbocycles. The summed E-state index contributed by atoms with van der Waals surface area (Å²) in [5, 5.41) is 0. The van der Waals surface area contributed by atoms with Gasteiger partial charge in [0.2, 0.25) is 0 Å². The number of methoxy groups -OCH3 is 1. The first kappa shape index (κ1) is 15.0. The van der Waals surface area contributed by atoms with Crippen molar-refractivity contribution in [1.29, 1.82) is 0 Å². The predicted octanol–water partition coefficient (Wildman–Crippen LogP) is 3.77. The normalized spacial score (nSPS) is 10.3. The number of aryl methyl sites for hydroxylation is 1. The van der Waals surface area contributed by atoms with Crippen LogP contribution in [0.25, 0.3) is 0 Å². The van der Waals surface area contributed by atoms with Crippen LogP contribution in [0.3, 0.4) is 0 Å². The summed E-state index contributed by atoms with van der Waals surface area (Å²) < 4.78 is 24.1. The molecule has 0 fully saturated rings. The van der Waals surface area contributed by atoms with Gasteiger partial charge in [-0.15, -0.1) is 0 Å². The van der Waals surface area contributed by atoms with Gasteiger partial charge in [-0.25, -0.2) is 4.39 Å². The van der Waals surface area contributed by atoms with Gasteiger partial charge < -0.3 is 9.47 Å². The summed E-state index contributed by atoms with van der Waals surface area (Å²) >= 11 is 0. The molecule has 0 aliphatic carbocycles. The Morgan fingerprint density at radius 2 is 1.86 bits per heavy atom. The van der Waals surface area contributed by atoms with Gasteiger partial charge in [0.15, 0.2) is 17.3 Å². The molecule has 0 radical (unpaired) electrons. The molecular weight excluding hydrogens is 271 g/mol. The Labute approximate surface area is 123 Å². The SMILES string of the molecule is CCOc1ccc(C)cc1C(=O)c1ccc(OC)c(F)c1. The maximum absolute atomic E-state index is 13.7. The standard InChI is InChI=1S/C17H17FO3/c1-4-21-15-7-5-11(2)9-13(15)17(19)12-6-8-16(20-3)14(18)10-12/h5-10H,4H2,1-3H3. The van der Waals surface area contributed by atoms with Gasteiger partial charge in [0, 0.05) is 5.56 Å². The molecule has 0 aromatic heterocycles. The second-order valence-corrected chi connectivity index (χ2v) is 4.61. The lowest BCUT2D eigenvalue weighted by molar-refractivity contribution is 0.103. The lowest BCUT2D eigenvalue weighted by Crippen LogP contribution is -2.06. The molecule has 110 valence electrons. The van der Waals surface area contributed by atoms with Crippen LogP contribution in [0.4, 0.5) is 4.39 Å². The third-order valence-electron chi connectivity index (χ3n) is 3.09. The summed E-state index contributed by atoms with van der Waals surface area (Å²) in [6, 6.07) is 9.54. The van der Waals surface area contributed by atoms with Crippen LogP contribution >= 0.6 is 0 Å². The molecule has 0 aliphatic rings. The van der Waals surface area contributed by atoms with E-state index in [1.54, 1.807) is 18.2 Å². The number of benzene rings is 2. The van der Waals surface area contributed by atoms with Gasteiger partial charge in [0.25, 0.3) is 0 Å². The van der Waals surface area contributed by atoms with E-state index in [9.17, 15) is 9.18 Å². The van der Waals surface area contributed by atoms with Crippen molar-refractivity contribution in [2.24, 2.45) is 0 Å². The molecule has 0 heterocycles. The summed E-state index contributed by atoms with van der Waals surface area (Å²) in [6.07, 6.45) is 0. The third kappa shape index (κ3) is 3.21. The summed E-state index contributed by atoms with van der Waals surface area (Å²) in [5.41, 5.74) is 1.64. The minimum Gasteiger partial charge on any atom is -0.494 e. The maximum atomic E-state index is 13.7. The minimum absolute atomic E-state index is 0.112. The highest BCUT2D eigenvalue weighted by Crippen LogP contribution is 2.25. The van der Waals surface area contributed by atoms with Gasteiger partial charge in [-0.1, -0.05) is 11.6 Å². The highest BCUT2D eigenvalue weighted by atomic mass is 19.1. The fourth-order valence-corrected chi connectivity index (χ4v) is 2.07. The van der Waals surface area contributed by atoms with E-state index in [2.05, 4.69) is 0 Å². The third-order valence-corrected chi connectivity index (χ3v) is 3.09. The van der Waals surface area contributed by atoms with Crippen LogP contribution in [0, 0.1) is 12.7 Å². The van der Waals surface area contributed by atoms with Crippen LogP contribution in [-0.4, -0.2) is 19.5 Å². The second kappa shape index (κ2) is 6.39. The number of ketones is 1. The molecular formula is C17H17FO3. The number of hydrogen-bond acceptors (Lipinski definition) is 3. The smallest absolute Gasteiger partial charge is 0.196 e. The van der Waals surface area contributed by atoms with Crippen LogP contribution in [0.2, 0.25) is 0 Å². The monoisotopic (exact) mass is 288 g/mol. The largest absolute Gasteiger partial charge is 0.494 e. The molecule has 0 spiro atoms. The number of halogens is 1. The molecule has 0 bridgehead atoms. The van der Waals surface area contributed by atoms with E-state index in [-0.39, 0.29) is 17.1 Å². The van der Waals surface area contributed by atoms with Crippen LogP contribution in [0.1, 0.15) is 28.4 Å². The van der Waals surface area contributed by atoms with E-state index in [0.29, 0.717) is 17.9 Å². The Morgan fingerprint density at radius 3 is 2.48 bits per heavy atom. The Kier molecular flexibility index (Phi) is 4.58. The molecule has 21 heavy (non-hydrogen) atoms. The molecule has 0 unspecified atom stereocenters. The lowest BCUT2D eigenvalue weighted by Gasteiger charge is -2.11. The number of hydrogen-bond donors (Lipinski definition) is 0. The Balaban J connectivity index is 2.44. The van der Waals surface area contributed by atoms with Crippen LogP contribution in [-0.2, 0) is 0 Å². The van der Waals surface area contributed by atoms with Crippen LogP contribution < -0.4 is 9.47 Å². The number of rotatable bonds is 5. The van der Waals surface area contributed by atoms with Crippen molar-refractivity contribution in [2.75, 3.05) is 13.7 Å². The first-order valence-electron chi connectivity index (χ1n) is 6.68. The zero-order chi connectivity index (χ0) is 15.4. The number of ether oxygens (including phenoxy) is 2. The van der Waals surface area contributed by atoms with E-state index >= 15 is 0 Å². The molecule has 4 heteroatoms. The molecule has 3 nitrogen and oxygen atoms in total. The van der Waals surface area contributed by atoms with E-state index in [0.717, 1.165) is 5.56 Å². The molecule has 0 saturated heterocycles. The molecule has 0 aliphatic heterocycles. The van der Waals surface area contributed by atoms with Crippen molar-refractivity contribution in [3.05, 3.63) is 58.9 Å². The molecule has 0 amide bonds. The van der Waals surface area contributed by atoms with E-state index < -0.39 is 5.82 Å². The van der Waals surface area contributed by atoms with Crippen molar-refractivity contribution in [3.8, 4) is 11.5 Å². The highest BCUT2D eigenvalue weighted by molar-refractivity contribution is 6.10. The quantitative estimate of drug-likeness (QED) is 0.786. The Hall–Kier alpha value is -2.36. The molecule has 0 atom stereocenters. The molecule has 2 aromatic rings. The van der Waals surface area contributed by atoms with Crippen LogP contribution in [0.5, 0.6) is 11.5 Å². The maximum Gasteiger partial charge on any atom is 0.196 e. The first-order valence-corrected chi connectivity index (χ1v) is 6.68. The van der Waals surface area contributed by atoms with Gasteiger partial charge in [0.05, 0.1) is 19.3 Å². The highest BCUT2D eigenvalue weighted by Gasteiger charge is 2.17. The van der Waals surface area contributed by atoms with E-state index in [4.69, 9.17) is 9.47 Å². The summed E-state index contributed by atoms with van der Waals surface area (Å²) in [4.78, 5) is 12.6. The van der Waals surface area contributed by atoms with Crippen molar-refractivity contribution < 1.29 is 18.7 Å². The summed E-state index contributed by atoms with van der Waals surface area (Å²) in [6.45, 7) is 4.20. The van der Waals surface area contributed by atoms with Gasteiger partial charge in [-0.2, -0.15) is 0 Å². The van der Waals surface area contributed by atoms with E-state index in [1.165, 1.54) is 19.2 Å². The lowest BCUT2D eigenvalue weighted by atomic mass is 10.0. The summed E-state index contributed by atoms with van der Waals surface area (Å²) in [7, 11) is 1.38. The van der Waals surface area contributed by atoms with E-state index in [1.807, 2.05) is 19.9 Å². The average Bonchev–Trinajstić information content (AvgIpc) is 2.48. The molecule has 0 N–H and O–H groups in total. The second-order valence-electron chi connectivity index (χ2n) is 4.61.